The van der Waals surface area contributed by atoms with E-state index in [9.17, 15) is 8.42 Å². The Bertz CT molecular complexity index is 947. The van der Waals surface area contributed by atoms with Crippen molar-refractivity contribution < 1.29 is 13.5 Å². The predicted octanol–water partition coefficient (Wildman–Crippen LogP) is 1.60. The summed E-state index contributed by atoms with van der Waals surface area (Å²) in [7, 11) is -3.73. The maximum absolute atomic E-state index is 11.7. The zero-order chi connectivity index (χ0) is 20.3. The molecule has 0 saturated heterocycles. The minimum atomic E-state index is -3.73. The molecule has 2 aromatic rings. The van der Waals surface area contributed by atoms with E-state index >= 15 is 0 Å². The highest BCUT2D eigenvalue weighted by molar-refractivity contribution is 7.89. The number of nitrogens with one attached hydrogen (secondary N) is 1. The molecule has 1 aromatic heterocycles. The average molecular weight is 406 g/mol. The van der Waals surface area contributed by atoms with Gasteiger partial charge in [-0.1, -0.05) is 19.9 Å². The molecule has 0 spiro atoms. The fourth-order valence-corrected chi connectivity index (χ4v) is 3.73. The highest BCUT2D eigenvalue weighted by Crippen LogP contribution is 2.27. The molecule has 0 unspecified atom stereocenters. The second-order valence-corrected chi connectivity index (χ2v) is 8.84. The van der Waals surface area contributed by atoms with Gasteiger partial charge in [-0.25, -0.2) is 23.5 Å². The Labute approximate surface area is 165 Å². The first-order valence-electron chi connectivity index (χ1n) is 9.41. The normalized spacial score (nSPS) is 14.2. The number of fused-ring (bicyclic) bond motifs is 1. The Morgan fingerprint density at radius 3 is 2.71 bits per heavy atom. The number of rotatable bonds is 7. The molecule has 0 bridgehead atoms. The Morgan fingerprint density at radius 2 is 2.04 bits per heavy atom. The topological polar surface area (TPSA) is 121 Å². The third-order valence-corrected chi connectivity index (χ3v) is 5.64. The van der Waals surface area contributed by atoms with Crippen LogP contribution < -0.4 is 15.4 Å². The fourth-order valence-electron chi connectivity index (χ4n) is 3.16. The quantitative estimate of drug-likeness (QED) is 0.598. The second kappa shape index (κ2) is 8.42. The van der Waals surface area contributed by atoms with Gasteiger partial charge >= 0.3 is 0 Å². The van der Waals surface area contributed by atoms with Gasteiger partial charge in [0, 0.05) is 38.2 Å². The number of sulfonamides is 1. The summed E-state index contributed by atoms with van der Waals surface area (Å²) in [5.74, 6) is 2.44. The summed E-state index contributed by atoms with van der Waals surface area (Å²) in [6.07, 6.45) is 1.44. The molecule has 0 aliphatic carbocycles. The van der Waals surface area contributed by atoms with Crippen LogP contribution in [-0.2, 0) is 23.0 Å². The number of nitrogens with two attached hydrogens (primary N) is 1. The van der Waals surface area contributed by atoms with Crippen molar-refractivity contribution in [1.29, 1.82) is 0 Å². The summed E-state index contributed by atoms with van der Waals surface area (Å²) in [5, 5.41) is 17.5. The number of hydrogen-bond acceptors (Lipinski definition) is 7. The van der Waals surface area contributed by atoms with Gasteiger partial charge in [0.25, 0.3) is 0 Å². The Hall–Kier alpha value is -2.23. The standard InChI is InChI=1S/C19H27N5O3S/c1-13(2)19-22-17(21-7-3-9-25)11-18(23-19)24-8-6-14-4-5-16(28(20,26)27)10-15(14)12-24/h4-5,10-11,13,25H,3,6-9,12H2,1-2H3,(H2,20,26,27)(H,21,22,23). The summed E-state index contributed by atoms with van der Waals surface area (Å²) >= 11 is 0. The van der Waals surface area contributed by atoms with E-state index in [1.54, 1.807) is 12.1 Å². The Balaban J connectivity index is 1.89. The number of benzene rings is 1. The van der Waals surface area contributed by atoms with Gasteiger partial charge in [0.05, 0.1) is 4.90 Å². The van der Waals surface area contributed by atoms with Crippen molar-refractivity contribution in [3.05, 3.63) is 41.2 Å². The van der Waals surface area contributed by atoms with Gasteiger partial charge in [0.2, 0.25) is 10.0 Å². The van der Waals surface area contributed by atoms with E-state index in [2.05, 4.69) is 15.2 Å². The van der Waals surface area contributed by atoms with Crippen molar-refractivity contribution in [1.82, 2.24) is 9.97 Å². The number of aromatic nitrogens is 2. The number of aliphatic hydroxyl groups is 1. The van der Waals surface area contributed by atoms with Crippen molar-refractivity contribution in [2.75, 3.05) is 29.9 Å². The SMILES string of the molecule is CC(C)c1nc(NCCCO)cc(N2CCc3ccc(S(N)(=O)=O)cc3C2)n1. The van der Waals surface area contributed by atoms with Crippen LogP contribution in [0.15, 0.2) is 29.2 Å². The molecule has 0 atom stereocenters. The van der Waals surface area contributed by atoms with Crippen LogP contribution in [0.2, 0.25) is 0 Å². The molecule has 0 saturated carbocycles. The van der Waals surface area contributed by atoms with Crippen LogP contribution in [0.25, 0.3) is 0 Å². The monoisotopic (exact) mass is 405 g/mol. The van der Waals surface area contributed by atoms with Crippen LogP contribution >= 0.6 is 0 Å². The smallest absolute Gasteiger partial charge is 0.238 e. The first-order valence-corrected chi connectivity index (χ1v) is 11.0. The molecule has 9 heteroatoms. The van der Waals surface area contributed by atoms with Gasteiger partial charge in [0.15, 0.2) is 0 Å². The number of anilines is 2. The highest BCUT2D eigenvalue weighted by Gasteiger charge is 2.21. The lowest BCUT2D eigenvalue weighted by Crippen LogP contribution is -2.32. The molecule has 3 rings (SSSR count). The van der Waals surface area contributed by atoms with Gasteiger partial charge in [-0.2, -0.15) is 0 Å². The van der Waals surface area contributed by atoms with Crippen molar-refractivity contribution in [3.8, 4) is 0 Å². The molecule has 0 radical (unpaired) electrons. The van der Waals surface area contributed by atoms with Crippen molar-refractivity contribution in [2.45, 2.75) is 44.0 Å². The minimum Gasteiger partial charge on any atom is -0.396 e. The Morgan fingerprint density at radius 1 is 1.25 bits per heavy atom. The fraction of sp³-hybridized carbons (Fsp3) is 0.474. The molecule has 8 nitrogen and oxygen atoms in total. The van der Waals surface area contributed by atoms with Crippen LogP contribution in [0, 0.1) is 0 Å². The highest BCUT2D eigenvalue weighted by atomic mass is 32.2. The molecule has 4 N–H and O–H groups in total. The van der Waals surface area contributed by atoms with Gasteiger partial charge in [-0.3, -0.25) is 0 Å². The number of primary sulfonamides is 1. The van der Waals surface area contributed by atoms with E-state index in [4.69, 9.17) is 15.2 Å². The summed E-state index contributed by atoms with van der Waals surface area (Å²) < 4.78 is 23.4. The number of aliphatic hydroxyl groups excluding tert-OH is 1. The molecule has 1 aromatic carbocycles. The van der Waals surface area contributed by atoms with Gasteiger partial charge in [-0.15, -0.1) is 0 Å². The summed E-state index contributed by atoms with van der Waals surface area (Å²) in [5.41, 5.74) is 2.07. The maximum Gasteiger partial charge on any atom is 0.238 e. The molecule has 1 aliphatic heterocycles. The molecular weight excluding hydrogens is 378 g/mol. The third-order valence-electron chi connectivity index (χ3n) is 4.73. The van der Waals surface area contributed by atoms with E-state index in [0.717, 1.165) is 41.6 Å². The largest absolute Gasteiger partial charge is 0.396 e. The number of nitrogens with zero attached hydrogens (tertiary/aromatic N) is 3. The van der Waals surface area contributed by atoms with Crippen LogP contribution in [0.1, 0.15) is 43.1 Å². The summed E-state index contributed by atoms with van der Waals surface area (Å²) in [6.45, 7) is 6.18. The van der Waals surface area contributed by atoms with Gasteiger partial charge < -0.3 is 15.3 Å². The van der Waals surface area contributed by atoms with Crippen LogP contribution in [0.4, 0.5) is 11.6 Å². The first kappa shape index (κ1) is 20.5. The second-order valence-electron chi connectivity index (χ2n) is 7.28. The molecule has 1 aliphatic rings. The maximum atomic E-state index is 11.7. The molecule has 2 heterocycles. The van der Waals surface area contributed by atoms with Crippen molar-refractivity contribution in [3.63, 3.8) is 0 Å². The lowest BCUT2D eigenvalue weighted by molar-refractivity contribution is 0.292. The van der Waals surface area contributed by atoms with Crippen molar-refractivity contribution in [2.24, 2.45) is 5.14 Å². The van der Waals surface area contributed by atoms with E-state index in [0.29, 0.717) is 19.5 Å². The average Bonchev–Trinajstić information content (AvgIpc) is 2.66. The predicted molar refractivity (Wildman–Crippen MR) is 109 cm³/mol. The number of hydrogen-bond donors (Lipinski definition) is 3. The van der Waals surface area contributed by atoms with E-state index in [-0.39, 0.29) is 17.4 Å². The summed E-state index contributed by atoms with van der Waals surface area (Å²) in [4.78, 5) is 11.5. The molecule has 0 fully saturated rings. The lowest BCUT2D eigenvalue weighted by atomic mass is 10.00. The van der Waals surface area contributed by atoms with Gasteiger partial charge in [0.1, 0.15) is 17.5 Å². The first-order chi connectivity index (χ1) is 13.3. The van der Waals surface area contributed by atoms with Crippen LogP contribution in [0.5, 0.6) is 0 Å². The lowest BCUT2D eigenvalue weighted by Gasteiger charge is -2.30. The van der Waals surface area contributed by atoms with E-state index < -0.39 is 10.0 Å². The van der Waals surface area contributed by atoms with E-state index in [1.807, 2.05) is 26.0 Å². The van der Waals surface area contributed by atoms with Crippen LogP contribution in [0.3, 0.4) is 0 Å². The molecule has 0 amide bonds. The van der Waals surface area contributed by atoms with Gasteiger partial charge in [-0.05, 0) is 36.1 Å². The molecule has 28 heavy (non-hydrogen) atoms. The minimum absolute atomic E-state index is 0.122. The van der Waals surface area contributed by atoms with Crippen LogP contribution in [-0.4, -0.2) is 43.2 Å². The molecular formula is C19H27N5O3S. The Kier molecular flexibility index (Phi) is 6.17. The van der Waals surface area contributed by atoms with E-state index in [1.165, 1.54) is 0 Å². The van der Waals surface area contributed by atoms with Crippen molar-refractivity contribution >= 4 is 21.7 Å². The molecule has 152 valence electrons. The zero-order valence-electron chi connectivity index (χ0n) is 16.2. The zero-order valence-corrected chi connectivity index (χ0v) is 17.0. The summed E-state index contributed by atoms with van der Waals surface area (Å²) in [6, 6.07) is 6.96. The third kappa shape index (κ3) is 4.78.